The molecule has 2 aromatic carbocycles. The summed E-state index contributed by atoms with van der Waals surface area (Å²) in [5.41, 5.74) is 5.17. The number of benzene rings is 2. The molecule has 3 rings (SSSR count). The second-order valence-corrected chi connectivity index (χ2v) is 5.24. The molecule has 0 saturated heterocycles. The van der Waals surface area contributed by atoms with Crippen LogP contribution in [-0.4, -0.2) is 11.7 Å². The van der Waals surface area contributed by atoms with Gasteiger partial charge in [0.05, 0.1) is 6.42 Å². The molecule has 1 aliphatic heterocycles. The molecule has 0 spiro atoms. The van der Waals surface area contributed by atoms with E-state index in [0.29, 0.717) is 17.5 Å². The van der Waals surface area contributed by atoms with Crippen LogP contribution in [0.2, 0.25) is 0 Å². The van der Waals surface area contributed by atoms with E-state index in [-0.39, 0.29) is 11.7 Å². The van der Waals surface area contributed by atoms with Gasteiger partial charge in [0, 0.05) is 16.8 Å². The first-order valence-corrected chi connectivity index (χ1v) is 6.59. The number of nitrogens with one attached hydrogen (secondary N) is 1. The second kappa shape index (κ2) is 4.60. The van der Waals surface area contributed by atoms with Crippen LogP contribution < -0.4 is 5.32 Å². The maximum absolute atomic E-state index is 12.6. The van der Waals surface area contributed by atoms with Crippen molar-refractivity contribution >= 4 is 17.4 Å². The molecule has 3 nitrogen and oxygen atoms in total. The summed E-state index contributed by atoms with van der Waals surface area (Å²) in [5, 5.41) is 2.77. The second-order valence-electron chi connectivity index (χ2n) is 5.24. The van der Waals surface area contributed by atoms with Gasteiger partial charge in [-0.3, -0.25) is 9.59 Å². The number of hydrogen-bond donors (Lipinski definition) is 1. The molecule has 0 unspecified atom stereocenters. The van der Waals surface area contributed by atoms with Crippen molar-refractivity contribution in [3.05, 3.63) is 64.2 Å². The predicted octanol–water partition coefficient (Wildman–Crippen LogP) is 3.03. The van der Waals surface area contributed by atoms with Crippen molar-refractivity contribution < 1.29 is 9.59 Å². The summed E-state index contributed by atoms with van der Waals surface area (Å²) in [4.78, 5) is 23.9. The highest BCUT2D eigenvalue weighted by atomic mass is 16.1. The van der Waals surface area contributed by atoms with E-state index < -0.39 is 0 Å². The molecular weight excluding hydrogens is 250 g/mol. The predicted molar refractivity (Wildman–Crippen MR) is 78.1 cm³/mol. The van der Waals surface area contributed by atoms with Crippen LogP contribution in [0.1, 0.15) is 32.6 Å². The third kappa shape index (κ3) is 2.11. The molecule has 1 heterocycles. The van der Waals surface area contributed by atoms with E-state index in [4.69, 9.17) is 0 Å². The molecule has 1 aliphatic rings. The SMILES string of the molecule is Cc1ccc(C(=O)c2ccc3c(c2)CC(=O)N3)c(C)c1. The molecule has 0 aromatic heterocycles. The van der Waals surface area contributed by atoms with Gasteiger partial charge in [0.15, 0.2) is 5.78 Å². The summed E-state index contributed by atoms with van der Waals surface area (Å²) in [7, 11) is 0. The molecule has 0 saturated carbocycles. The zero-order valence-corrected chi connectivity index (χ0v) is 11.5. The summed E-state index contributed by atoms with van der Waals surface area (Å²) in [5.74, 6) is -0.0132. The van der Waals surface area contributed by atoms with Gasteiger partial charge in [0.2, 0.25) is 5.91 Å². The Morgan fingerprint density at radius 1 is 1.10 bits per heavy atom. The number of rotatable bonds is 2. The molecule has 0 atom stereocenters. The van der Waals surface area contributed by atoms with Crippen molar-refractivity contribution in [2.24, 2.45) is 0 Å². The maximum Gasteiger partial charge on any atom is 0.228 e. The van der Waals surface area contributed by atoms with E-state index >= 15 is 0 Å². The van der Waals surface area contributed by atoms with Gasteiger partial charge in [-0.2, -0.15) is 0 Å². The number of carbonyl (C=O) groups is 2. The number of fused-ring (bicyclic) bond motifs is 1. The van der Waals surface area contributed by atoms with E-state index in [1.807, 2.05) is 38.1 Å². The quantitative estimate of drug-likeness (QED) is 0.848. The average molecular weight is 265 g/mol. The summed E-state index contributed by atoms with van der Waals surface area (Å²) in [6.07, 6.45) is 0.351. The lowest BCUT2D eigenvalue weighted by Crippen LogP contribution is -2.04. The van der Waals surface area contributed by atoms with Crippen LogP contribution in [0.4, 0.5) is 5.69 Å². The Morgan fingerprint density at radius 3 is 2.65 bits per heavy atom. The minimum Gasteiger partial charge on any atom is -0.326 e. The molecule has 0 radical (unpaired) electrons. The summed E-state index contributed by atoms with van der Waals surface area (Å²) < 4.78 is 0. The van der Waals surface area contributed by atoms with Crippen LogP contribution in [0.5, 0.6) is 0 Å². The normalized spacial score (nSPS) is 13.0. The smallest absolute Gasteiger partial charge is 0.228 e. The fourth-order valence-electron chi connectivity index (χ4n) is 2.59. The molecule has 0 fully saturated rings. The van der Waals surface area contributed by atoms with Crippen LogP contribution in [-0.2, 0) is 11.2 Å². The Hall–Kier alpha value is -2.42. The summed E-state index contributed by atoms with van der Waals surface area (Å²) in [6, 6.07) is 11.2. The molecule has 0 bridgehead atoms. The Bertz CT molecular complexity index is 732. The number of anilines is 1. The van der Waals surface area contributed by atoms with Crippen molar-refractivity contribution in [2.75, 3.05) is 5.32 Å². The lowest BCUT2D eigenvalue weighted by molar-refractivity contribution is -0.115. The molecule has 2 aromatic rings. The zero-order valence-electron chi connectivity index (χ0n) is 11.5. The third-order valence-electron chi connectivity index (χ3n) is 3.62. The Balaban J connectivity index is 1.99. The fourth-order valence-corrected chi connectivity index (χ4v) is 2.59. The van der Waals surface area contributed by atoms with Crippen molar-refractivity contribution in [2.45, 2.75) is 20.3 Å². The van der Waals surface area contributed by atoms with Gasteiger partial charge in [-0.05, 0) is 43.2 Å². The number of aryl methyl sites for hydroxylation is 2. The molecular formula is C17H15NO2. The first kappa shape index (κ1) is 12.6. The van der Waals surface area contributed by atoms with Gasteiger partial charge < -0.3 is 5.32 Å². The maximum atomic E-state index is 12.6. The summed E-state index contributed by atoms with van der Waals surface area (Å²) in [6.45, 7) is 3.95. The van der Waals surface area contributed by atoms with Crippen LogP contribution in [0, 0.1) is 13.8 Å². The molecule has 1 N–H and O–H groups in total. The first-order chi connectivity index (χ1) is 9.54. The lowest BCUT2D eigenvalue weighted by Gasteiger charge is -2.07. The van der Waals surface area contributed by atoms with E-state index in [9.17, 15) is 9.59 Å². The van der Waals surface area contributed by atoms with Gasteiger partial charge >= 0.3 is 0 Å². The molecule has 1 amide bonds. The minimum atomic E-state index is -0.0175. The van der Waals surface area contributed by atoms with Crippen LogP contribution in [0.15, 0.2) is 36.4 Å². The Morgan fingerprint density at radius 2 is 1.90 bits per heavy atom. The largest absolute Gasteiger partial charge is 0.326 e. The molecule has 20 heavy (non-hydrogen) atoms. The zero-order chi connectivity index (χ0) is 14.3. The Labute approximate surface area is 117 Å². The minimum absolute atomic E-state index is 0.00430. The van der Waals surface area contributed by atoms with Crippen LogP contribution in [0.25, 0.3) is 0 Å². The van der Waals surface area contributed by atoms with Gasteiger partial charge in [-0.25, -0.2) is 0 Å². The van der Waals surface area contributed by atoms with Gasteiger partial charge in [0.1, 0.15) is 0 Å². The topological polar surface area (TPSA) is 46.2 Å². The number of ketones is 1. The van der Waals surface area contributed by atoms with E-state index in [0.717, 1.165) is 22.4 Å². The molecule has 3 heteroatoms. The van der Waals surface area contributed by atoms with Crippen molar-refractivity contribution in [3.63, 3.8) is 0 Å². The highest BCUT2D eigenvalue weighted by Gasteiger charge is 2.20. The summed E-state index contributed by atoms with van der Waals surface area (Å²) >= 11 is 0. The fraction of sp³-hybridized carbons (Fsp3) is 0.176. The van der Waals surface area contributed by atoms with Crippen LogP contribution in [0.3, 0.4) is 0 Å². The van der Waals surface area contributed by atoms with E-state index in [1.54, 1.807) is 12.1 Å². The van der Waals surface area contributed by atoms with Crippen molar-refractivity contribution in [3.8, 4) is 0 Å². The van der Waals surface area contributed by atoms with E-state index in [2.05, 4.69) is 5.32 Å². The van der Waals surface area contributed by atoms with Gasteiger partial charge in [0.25, 0.3) is 0 Å². The van der Waals surface area contributed by atoms with Crippen molar-refractivity contribution in [1.82, 2.24) is 0 Å². The van der Waals surface area contributed by atoms with Crippen molar-refractivity contribution in [1.29, 1.82) is 0 Å². The molecule has 100 valence electrons. The Kier molecular flexibility index (Phi) is 2.90. The lowest BCUT2D eigenvalue weighted by atomic mass is 9.96. The van der Waals surface area contributed by atoms with E-state index in [1.165, 1.54) is 0 Å². The highest BCUT2D eigenvalue weighted by Crippen LogP contribution is 2.25. The highest BCUT2D eigenvalue weighted by molar-refractivity contribution is 6.11. The molecule has 0 aliphatic carbocycles. The monoisotopic (exact) mass is 265 g/mol. The third-order valence-corrected chi connectivity index (χ3v) is 3.62. The van der Waals surface area contributed by atoms with Crippen LogP contribution >= 0.6 is 0 Å². The number of amides is 1. The number of hydrogen-bond acceptors (Lipinski definition) is 2. The average Bonchev–Trinajstić information content (AvgIpc) is 2.77. The standard InChI is InChI=1S/C17H15NO2/c1-10-3-5-14(11(2)7-10)17(20)12-4-6-15-13(8-12)9-16(19)18-15/h3-8H,9H2,1-2H3,(H,18,19). The van der Waals surface area contributed by atoms with Gasteiger partial charge in [-0.1, -0.05) is 23.8 Å². The number of carbonyl (C=O) groups excluding carboxylic acids is 2. The first-order valence-electron chi connectivity index (χ1n) is 6.59. The van der Waals surface area contributed by atoms with Gasteiger partial charge in [-0.15, -0.1) is 0 Å².